The lowest BCUT2D eigenvalue weighted by Gasteiger charge is -2.23. The smallest absolute Gasteiger partial charge is 0.335 e. The Hall–Kier alpha value is -0.690. The second kappa shape index (κ2) is 5.13. The van der Waals surface area contributed by atoms with E-state index in [9.17, 15) is 4.79 Å². The minimum Gasteiger partial charge on any atom is -0.479 e. The van der Waals surface area contributed by atoms with Crippen molar-refractivity contribution >= 4 is 5.97 Å². The topological polar surface area (TPSA) is 118 Å². The van der Waals surface area contributed by atoms with Crippen molar-refractivity contribution in [3.63, 3.8) is 0 Å². The first-order valence-electron chi connectivity index (χ1n) is 3.86. The Morgan fingerprint density at radius 3 is 1.92 bits per heavy atom. The molecule has 0 rings (SSSR count). The van der Waals surface area contributed by atoms with Gasteiger partial charge in [0.25, 0.3) is 0 Å². The molecule has 4 atom stereocenters. The van der Waals surface area contributed by atoms with Gasteiger partial charge in [-0.25, -0.2) is 4.79 Å². The third-order valence-corrected chi connectivity index (χ3v) is 1.74. The Labute approximate surface area is 75.1 Å². The molecule has 78 valence electrons. The summed E-state index contributed by atoms with van der Waals surface area (Å²) in [5.41, 5.74) is 0. The van der Waals surface area contributed by atoms with E-state index in [4.69, 9.17) is 25.5 Å². The number of aliphatic carboxylic acids is 1. The molecule has 0 amide bonds. The molecule has 0 saturated heterocycles. The van der Waals surface area contributed by atoms with E-state index < -0.39 is 30.4 Å². The fourth-order valence-electron chi connectivity index (χ4n) is 0.802. The standard InChI is InChI=1S/C7H14O6/c1-2-3(8)4(9)5(10)6(11)7(12)13/h3-6,8-11H,2H2,1H3,(H,12,13)/t3-,4-,5-,6-/m0/s1. The van der Waals surface area contributed by atoms with Crippen LogP contribution >= 0.6 is 0 Å². The van der Waals surface area contributed by atoms with E-state index in [-0.39, 0.29) is 6.42 Å². The number of carbonyl (C=O) groups is 1. The molecule has 0 heterocycles. The number of aliphatic hydroxyl groups excluding tert-OH is 4. The zero-order chi connectivity index (χ0) is 10.6. The van der Waals surface area contributed by atoms with Gasteiger partial charge in [0.1, 0.15) is 12.2 Å². The minimum atomic E-state index is -2.09. The first-order chi connectivity index (χ1) is 5.91. The van der Waals surface area contributed by atoms with Crippen molar-refractivity contribution in [2.75, 3.05) is 0 Å². The Morgan fingerprint density at radius 1 is 1.15 bits per heavy atom. The van der Waals surface area contributed by atoms with Crippen molar-refractivity contribution in [3.8, 4) is 0 Å². The van der Waals surface area contributed by atoms with Crippen LogP contribution in [-0.4, -0.2) is 55.9 Å². The lowest BCUT2D eigenvalue weighted by molar-refractivity contribution is -0.162. The second-order valence-electron chi connectivity index (χ2n) is 2.74. The van der Waals surface area contributed by atoms with E-state index in [1.165, 1.54) is 0 Å². The SMILES string of the molecule is CC[C@H](O)[C@H](O)[C@H](O)[C@H](O)C(=O)O. The van der Waals surface area contributed by atoms with Crippen LogP contribution in [0.5, 0.6) is 0 Å². The molecule has 0 saturated carbocycles. The Morgan fingerprint density at radius 2 is 1.62 bits per heavy atom. The summed E-state index contributed by atoms with van der Waals surface area (Å²) in [6.07, 6.45) is -6.71. The highest BCUT2D eigenvalue weighted by Crippen LogP contribution is 2.07. The predicted molar refractivity (Wildman–Crippen MR) is 42.0 cm³/mol. The average molecular weight is 194 g/mol. The van der Waals surface area contributed by atoms with E-state index in [0.29, 0.717) is 0 Å². The highest BCUT2D eigenvalue weighted by Gasteiger charge is 2.33. The van der Waals surface area contributed by atoms with Crippen LogP contribution in [0.2, 0.25) is 0 Å². The zero-order valence-electron chi connectivity index (χ0n) is 7.16. The lowest BCUT2D eigenvalue weighted by Crippen LogP contribution is -2.47. The molecule has 6 nitrogen and oxygen atoms in total. The van der Waals surface area contributed by atoms with Gasteiger partial charge in [-0.2, -0.15) is 0 Å². The number of aliphatic hydroxyl groups is 4. The minimum absolute atomic E-state index is 0.157. The lowest BCUT2D eigenvalue weighted by atomic mass is 10.0. The maximum Gasteiger partial charge on any atom is 0.335 e. The van der Waals surface area contributed by atoms with Crippen molar-refractivity contribution in [1.82, 2.24) is 0 Å². The summed E-state index contributed by atoms with van der Waals surface area (Å²) in [7, 11) is 0. The number of hydrogen-bond acceptors (Lipinski definition) is 5. The van der Waals surface area contributed by atoms with Crippen LogP contribution in [0.3, 0.4) is 0 Å². The second-order valence-corrected chi connectivity index (χ2v) is 2.74. The van der Waals surface area contributed by atoms with Gasteiger partial charge in [-0.1, -0.05) is 6.92 Å². The molecule has 0 aliphatic heterocycles. The summed E-state index contributed by atoms with van der Waals surface area (Å²) in [5, 5.41) is 44.2. The number of hydrogen-bond donors (Lipinski definition) is 5. The fourth-order valence-corrected chi connectivity index (χ4v) is 0.802. The summed E-state index contributed by atoms with van der Waals surface area (Å²) in [6.45, 7) is 1.55. The molecule has 0 fully saturated rings. The molecule has 0 radical (unpaired) electrons. The van der Waals surface area contributed by atoms with Crippen molar-refractivity contribution in [3.05, 3.63) is 0 Å². The van der Waals surface area contributed by atoms with Crippen molar-refractivity contribution in [2.45, 2.75) is 37.8 Å². The van der Waals surface area contributed by atoms with Gasteiger partial charge in [-0.05, 0) is 6.42 Å². The molecule has 0 aromatic rings. The molecule has 5 N–H and O–H groups in total. The van der Waals surface area contributed by atoms with Crippen LogP contribution in [0.1, 0.15) is 13.3 Å². The zero-order valence-corrected chi connectivity index (χ0v) is 7.16. The monoisotopic (exact) mass is 194 g/mol. The van der Waals surface area contributed by atoms with Crippen LogP contribution in [0.15, 0.2) is 0 Å². The normalized spacial score (nSPS) is 20.4. The summed E-state index contributed by atoms with van der Waals surface area (Å²) < 4.78 is 0. The van der Waals surface area contributed by atoms with Crippen LogP contribution < -0.4 is 0 Å². The summed E-state index contributed by atoms with van der Waals surface area (Å²) in [4.78, 5) is 10.2. The molecular weight excluding hydrogens is 180 g/mol. The molecule has 6 heteroatoms. The van der Waals surface area contributed by atoms with Gasteiger partial charge < -0.3 is 25.5 Å². The highest BCUT2D eigenvalue weighted by atomic mass is 16.4. The van der Waals surface area contributed by atoms with Crippen LogP contribution in [0.25, 0.3) is 0 Å². The van der Waals surface area contributed by atoms with Gasteiger partial charge in [-0.3, -0.25) is 0 Å². The van der Waals surface area contributed by atoms with Crippen LogP contribution in [-0.2, 0) is 4.79 Å². The van der Waals surface area contributed by atoms with E-state index in [1.54, 1.807) is 6.92 Å². The molecule has 0 aliphatic rings. The molecule has 0 unspecified atom stereocenters. The Balaban J connectivity index is 4.24. The third-order valence-electron chi connectivity index (χ3n) is 1.74. The van der Waals surface area contributed by atoms with E-state index in [1.807, 2.05) is 0 Å². The van der Waals surface area contributed by atoms with E-state index in [0.717, 1.165) is 0 Å². The van der Waals surface area contributed by atoms with E-state index in [2.05, 4.69) is 0 Å². The van der Waals surface area contributed by atoms with Crippen molar-refractivity contribution < 1.29 is 30.3 Å². The quantitative estimate of drug-likeness (QED) is 0.343. The fraction of sp³-hybridized carbons (Fsp3) is 0.857. The molecule has 0 aromatic carbocycles. The molecule has 0 spiro atoms. The van der Waals surface area contributed by atoms with Crippen molar-refractivity contribution in [1.29, 1.82) is 0 Å². The van der Waals surface area contributed by atoms with Crippen molar-refractivity contribution in [2.24, 2.45) is 0 Å². The molecule has 0 bridgehead atoms. The molecule has 13 heavy (non-hydrogen) atoms. The summed E-state index contributed by atoms with van der Waals surface area (Å²) in [5.74, 6) is -1.64. The predicted octanol–water partition coefficient (Wildman–Crippen LogP) is -2.08. The van der Waals surface area contributed by atoms with Crippen LogP contribution in [0, 0.1) is 0 Å². The van der Waals surface area contributed by atoms with Gasteiger partial charge >= 0.3 is 5.97 Å². The summed E-state index contributed by atoms with van der Waals surface area (Å²) >= 11 is 0. The molecule has 0 aliphatic carbocycles. The first kappa shape index (κ1) is 12.3. The maximum atomic E-state index is 10.2. The molecular formula is C7H14O6. The van der Waals surface area contributed by atoms with Gasteiger partial charge in [0, 0.05) is 0 Å². The third kappa shape index (κ3) is 3.27. The average Bonchev–Trinajstić information content (AvgIpc) is 2.12. The number of rotatable bonds is 5. The first-order valence-corrected chi connectivity index (χ1v) is 3.86. The van der Waals surface area contributed by atoms with Gasteiger partial charge in [0.15, 0.2) is 6.10 Å². The van der Waals surface area contributed by atoms with Gasteiger partial charge in [0.05, 0.1) is 6.10 Å². The maximum absolute atomic E-state index is 10.2. The molecule has 0 aromatic heterocycles. The van der Waals surface area contributed by atoms with Gasteiger partial charge in [-0.15, -0.1) is 0 Å². The Kier molecular flexibility index (Phi) is 4.86. The van der Waals surface area contributed by atoms with Crippen LogP contribution in [0.4, 0.5) is 0 Å². The van der Waals surface area contributed by atoms with Gasteiger partial charge in [0.2, 0.25) is 0 Å². The number of carboxylic acids is 1. The number of carboxylic acid groups (broad SMARTS) is 1. The summed E-state index contributed by atoms with van der Waals surface area (Å²) in [6, 6.07) is 0. The van der Waals surface area contributed by atoms with E-state index >= 15 is 0 Å². The Bertz CT molecular complexity index is 170. The largest absolute Gasteiger partial charge is 0.479 e. The highest BCUT2D eigenvalue weighted by molar-refractivity contribution is 5.72.